The summed E-state index contributed by atoms with van der Waals surface area (Å²) in [6.45, 7) is 5.89. The number of hydrogen-bond donors (Lipinski definition) is 2. The Bertz CT molecular complexity index is 580. The first-order valence-electron chi connectivity index (χ1n) is 7.50. The van der Waals surface area contributed by atoms with E-state index in [1.165, 1.54) is 5.56 Å². The summed E-state index contributed by atoms with van der Waals surface area (Å²) in [5, 5.41) is 6.90. The normalized spacial score (nSPS) is 18.5. The highest BCUT2D eigenvalue weighted by Crippen LogP contribution is 2.30. The van der Waals surface area contributed by atoms with Crippen LogP contribution in [0, 0.1) is 0 Å². The van der Waals surface area contributed by atoms with Crippen molar-refractivity contribution in [2.45, 2.75) is 39.0 Å². The summed E-state index contributed by atoms with van der Waals surface area (Å²) in [5.41, 5.74) is 2.41. The van der Waals surface area contributed by atoms with Crippen molar-refractivity contribution in [2.24, 2.45) is 0 Å². The van der Waals surface area contributed by atoms with Crippen molar-refractivity contribution in [1.82, 2.24) is 5.32 Å². The number of nitrogens with one attached hydrogen (secondary N) is 2. The van der Waals surface area contributed by atoms with Gasteiger partial charge in [0.2, 0.25) is 0 Å². The van der Waals surface area contributed by atoms with Gasteiger partial charge in [0.05, 0.1) is 25.0 Å². The molecule has 112 valence electrons. The van der Waals surface area contributed by atoms with Gasteiger partial charge < -0.3 is 19.8 Å². The predicted molar refractivity (Wildman–Crippen MR) is 83.7 cm³/mol. The molecule has 1 aliphatic rings. The van der Waals surface area contributed by atoms with E-state index in [0.717, 1.165) is 36.7 Å². The van der Waals surface area contributed by atoms with Crippen LogP contribution in [0.25, 0.3) is 0 Å². The Labute approximate surface area is 125 Å². The fourth-order valence-corrected chi connectivity index (χ4v) is 2.57. The molecule has 1 aromatic carbocycles. The van der Waals surface area contributed by atoms with Gasteiger partial charge in [-0.15, -0.1) is 0 Å². The Morgan fingerprint density at radius 1 is 1.38 bits per heavy atom. The Kier molecular flexibility index (Phi) is 4.15. The lowest BCUT2D eigenvalue weighted by atomic mass is 10.1. The monoisotopic (exact) mass is 286 g/mol. The molecule has 0 aliphatic carbocycles. The molecule has 4 heteroatoms. The third-order valence-corrected chi connectivity index (χ3v) is 3.70. The second kappa shape index (κ2) is 6.22. The van der Waals surface area contributed by atoms with Gasteiger partial charge in [0.15, 0.2) is 0 Å². The van der Waals surface area contributed by atoms with E-state index < -0.39 is 0 Å². The zero-order valence-electron chi connectivity index (χ0n) is 12.6. The van der Waals surface area contributed by atoms with Crippen molar-refractivity contribution in [1.29, 1.82) is 0 Å². The first-order chi connectivity index (χ1) is 10.2. The molecule has 0 fully saturated rings. The number of rotatable bonds is 5. The van der Waals surface area contributed by atoms with Crippen LogP contribution in [0.1, 0.15) is 25.2 Å². The van der Waals surface area contributed by atoms with Crippen molar-refractivity contribution in [3.63, 3.8) is 0 Å². The van der Waals surface area contributed by atoms with Crippen LogP contribution in [0.15, 0.2) is 41.0 Å². The lowest BCUT2D eigenvalue weighted by Gasteiger charge is -2.25. The lowest BCUT2D eigenvalue weighted by molar-refractivity contribution is 0.226. The molecule has 0 spiro atoms. The van der Waals surface area contributed by atoms with E-state index in [2.05, 4.69) is 42.7 Å². The number of ether oxygens (including phenoxy) is 1. The van der Waals surface area contributed by atoms with Gasteiger partial charge in [-0.25, -0.2) is 0 Å². The third-order valence-electron chi connectivity index (χ3n) is 3.70. The van der Waals surface area contributed by atoms with Crippen molar-refractivity contribution < 1.29 is 9.15 Å². The predicted octanol–water partition coefficient (Wildman–Crippen LogP) is 3.19. The maximum absolute atomic E-state index is 5.80. The number of anilines is 1. The highest BCUT2D eigenvalue weighted by atomic mass is 16.5. The maximum Gasteiger partial charge on any atom is 0.142 e. The maximum atomic E-state index is 5.80. The highest BCUT2D eigenvalue weighted by Gasteiger charge is 2.15. The van der Waals surface area contributed by atoms with Crippen LogP contribution in [0.2, 0.25) is 0 Å². The number of benzene rings is 1. The van der Waals surface area contributed by atoms with E-state index in [4.69, 9.17) is 9.15 Å². The van der Waals surface area contributed by atoms with Crippen LogP contribution >= 0.6 is 0 Å². The minimum atomic E-state index is 0.234. The molecule has 2 N–H and O–H groups in total. The summed E-state index contributed by atoms with van der Waals surface area (Å²) < 4.78 is 11.1. The molecule has 2 atom stereocenters. The molecule has 3 rings (SSSR count). The lowest BCUT2D eigenvalue weighted by Crippen LogP contribution is -2.29. The SMILES string of the molecule is CC(Cc1ccc2c(c1)NCC(C)O2)NCc1ccco1. The van der Waals surface area contributed by atoms with E-state index in [0.29, 0.717) is 6.04 Å². The first-order valence-corrected chi connectivity index (χ1v) is 7.50. The van der Waals surface area contributed by atoms with Crippen LogP contribution in [-0.2, 0) is 13.0 Å². The van der Waals surface area contributed by atoms with Crippen molar-refractivity contribution in [2.75, 3.05) is 11.9 Å². The molecule has 2 unspecified atom stereocenters. The summed E-state index contributed by atoms with van der Waals surface area (Å²) in [4.78, 5) is 0. The van der Waals surface area contributed by atoms with Gasteiger partial charge >= 0.3 is 0 Å². The quantitative estimate of drug-likeness (QED) is 0.886. The molecule has 1 aromatic heterocycles. The minimum absolute atomic E-state index is 0.234. The largest absolute Gasteiger partial charge is 0.487 e. The molecule has 2 aromatic rings. The van der Waals surface area contributed by atoms with Gasteiger partial charge in [0.1, 0.15) is 17.6 Å². The molecule has 0 radical (unpaired) electrons. The Morgan fingerprint density at radius 2 is 2.29 bits per heavy atom. The molecular formula is C17H22N2O2. The van der Waals surface area contributed by atoms with Crippen molar-refractivity contribution in [3.8, 4) is 5.75 Å². The van der Waals surface area contributed by atoms with E-state index in [9.17, 15) is 0 Å². The zero-order chi connectivity index (χ0) is 14.7. The fourth-order valence-electron chi connectivity index (χ4n) is 2.57. The summed E-state index contributed by atoms with van der Waals surface area (Å²) >= 11 is 0. The van der Waals surface area contributed by atoms with E-state index in [1.807, 2.05) is 12.1 Å². The standard InChI is InChI=1S/C17H22N2O2/c1-12(18-11-15-4-3-7-20-15)8-14-5-6-17-16(9-14)19-10-13(2)21-17/h3-7,9,12-13,18-19H,8,10-11H2,1-2H3. The average molecular weight is 286 g/mol. The van der Waals surface area contributed by atoms with E-state index in [1.54, 1.807) is 6.26 Å². The van der Waals surface area contributed by atoms with Crippen molar-refractivity contribution >= 4 is 5.69 Å². The second-order valence-corrected chi connectivity index (χ2v) is 5.71. The molecule has 2 heterocycles. The second-order valence-electron chi connectivity index (χ2n) is 5.71. The van der Waals surface area contributed by atoms with Crippen LogP contribution < -0.4 is 15.4 Å². The molecule has 21 heavy (non-hydrogen) atoms. The zero-order valence-corrected chi connectivity index (χ0v) is 12.6. The third kappa shape index (κ3) is 3.58. The van der Waals surface area contributed by atoms with Crippen LogP contribution in [0.5, 0.6) is 5.75 Å². The highest BCUT2D eigenvalue weighted by molar-refractivity contribution is 5.59. The molecule has 4 nitrogen and oxygen atoms in total. The first kappa shape index (κ1) is 14.0. The van der Waals surface area contributed by atoms with Crippen LogP contribution in [-0.4, -0.2) is 18.7 Å². The topological polar surface area (TPSA) is 46.4 Å². The minimum Gasteiger partial charge on any atom is -0.487 e. The summed E-state index contributed by atoms with van der Waals surface area (Å²) in [7, 11) is 0. The van der Waals surface area contributed by atoms with Crippen LogP contribution in [0.3, 0.4) is 0 Å². The molecule has 0 amide bonds. The molecular weight excluding hydrogens is 264 g/mol. The van der Waals surface area contributed by atoms with E-state index in [-0.39, 0.29) is 6.10 Å². The molecule has 0 bridgehead atoms. The number of fused-ring (bicyclic) bond motifs is 1. The number of furan rings is 1. The average Bonchev–Trinajstić information content (AvgIpc) is 2.99. The van der Waals surface area contributed by atoms with Gasteiger partial charge in [0.25, 0.3) is 0 Å². The summed E-state index contributed by atoms with van der Waals surface area (Å²) in [5.74, 6) is 1.92. The van der Waals surface area contributed by atoms with Gasteiger partial charge in [-0.1, -0.05) is 6.07 Å². The van der Waals surface area contributed by atoms with Gasteiger partial charge in [-0.3, -0.25) is 0 Å². The molecule has 0 saturated carbocycles. The molecule has 0 saturated heterocycles. The fraction of sp³-hybridized carbons (Fsp3) is 0.412. The van der Waals surface area contributed by atoms with Gasteiger partial charge in [-0.2, -0.15) is 0 Å². The number of hydrogen-bond acceptors (Lipinski definition) is 4. The van der Waals surface area contributed by atoms with E-state index >= 15 is 0 Å². The smallest absolute Gasteiger partial charge is 0.142 e. The Morgan fingerprint density at radius 3 is 3.10 bits per heavy atom. The molecule has 1 aliphatic heterocycles. The van der Waals surface area contributed by atoms with Crippen molar-refractivity contribution in [3.05, 3.63) is 47.9 Å². The Balaban J connectivity index is 1.57. The Hall–Kier alpha value is -1.94. The summed E-state index contributed by atoms with van der Waals surface area (Å²) in [6, 6.07) is 10.7. The van der Waals surface area contributed by atoms with Gasteiger partial charge in [0, 0.05) is 6.04 Å². The van der Waals surface area contributed by atoms with Gasteiger partial charge in [-0.05, 0) is 50.1 Å². The summed E-state index contributed by atoms with van der Waals surface area (Å²) in [6.07, 6.45) is 2.92. The van der Waals surface area contributed by atoms with Crippen LogP contribution in [0.4, 0.5) is 5.69 Å².